The van der Waals surface area contributed by atoms with E-state index in [1.54, 1.807) is 0 Å². The van der Waals surface area contributed by atoms with E-state index in [1.165, 1.54) is 19.4 Å². The molecule has 2 heterocycles. The number of hydrogen-bond acceptors (Lipinski definition) is 3. The first-order valence-electron chi connectivity index (χ1n) is 5.43. The van der Waals surface area contributed by atoms with E-state index in [9.17, 15) is 0 Å². The monoisotopic (exact) mass is 220 g/mol. The number of rotatable bonds is 2. The van der Waals surface area contributed by atoms with Gasteiger partial charge in [0, 0.05) is 19.0 Å². The molecule has 84 valence electrons. The van der Waals surface area contributed by atoms with Crippen LogP contribution in [0.5, 0.6) is 0 Å². The van der Waals surface area contributed by atoms with Crippen molar-refractivity contribution >= 4 is 12.4 Å². The van der Waals surface area contributed by atoms with Crippen LogP contribution in [0, 0.1) is 5.92 Å². The molecule has 14 heavy (non-hydrogen) atoms. The second-order valence-corrected chi connectivity index (χ2v) is 4.36. The van der Waals surface area contributed by atoms with Crippen molar-refractivity contribution < 1.29 is 4.74 Å². The van der Waals surface area contributed by atoms with Gasteiger partial charge in [-0.2, -0.15) is 0 Å². The highest BCUT2D eigenvalue weighted by Gasteiger charge is 2.23. The Morgan fingerprint density at radius 2 is 2.21 bits per heavy atom. The Balaban J connectivity index is 0.000000980. The minimum atomic E-state index is 0. The first-order valence-corrected chi connectivity index (χ1v) is 5.43. The molecule has 3 nitrogen and oxygen atoms in total. The van der Waals surface area contributed by atoms with Crippen LogP contribution >= 0.6 is 12.4 Å². The summed E-state index contributed by atoms with van der Waals surface area (Å²) in [6, 6.07) is 0.686. The lowest BCUT2D eigenvalue weighted by Crippen LogP contribution is -2.45. The Kier molecular flexibility index (Phi) is 5.17. The largest absolute Gasteiger partial charge is 0.363 e. The molecule has 2 aliphatic rings. The standard InChI is InChI=1S/C10H20N2O.ClH/c1-8-6-12-10(13-7-8)5-9-3-2-4-11-9;/h8-12H,2-7H2,1H3;1H. The molecule has 0 spiro atoms. The molecule has 0 saturated carbocycles. The first kappa shape index (κ1) is 12.2. The molecule has 3 atom stereocenters. The van der Waals surface area contributed by atoms with Crippen LogP contribution in [0.3, 0.4) is 0 Å². The van der Waals surface area contributed by atoms with Crippen LogP contribution < -0.4 is 10.6 Å². The summed E-state index contributed by atoms with van der Waals surface area (Å²) in [7, 11) is 0. The predicted molar refractivity (Wildman–Crippen MR) is 59.8 cm³/mol. The Morgan fingerprint density at radius 1 is 1.36 bits per heavy atom. The molecule has 4 heteroatoms. The summed E-state index contributed by atoms with van der Waals surface area (Å²) in [6.07, 6.45) is 4.07. The lowest BCUT2D eigenvalue weighted by atomic mass is 10.1. The fourth-order valence-corrected chi connectivity index (χ4v) is 2.10. The smallest absolute Gasteiger partial charge is 0.109 e. The van der Waals surface area contributed by atoms with Gasteiger partial charge in [-0.3, -0.25) is 5.32 Å². The third kappa shape index (κ3) is 3.39. The summed E-state index contributed by atoms with van der Waals surface area (Å²) in [6.45, 7) is 5.44. The molecule has 3 unspecified atom stereocenters. The van der Waals surface area contributed by atoms with E-state index in [-0.39, 0.29) is 12.4 Å². The topological polar surface area (TPSA) is 33.3 Å². The van der Waals surface area contributed by atoms with Crippen LogP contribution in [0.25, 0.3) is 0 Å². The molecule has 2 rings (SSSR count). The maximum atomic E-state index is 5.70. The van der Waals surface area contributed by atoms with Crippen LogP contribution in [-0.4, -0.2) is 32.0 Å². The highest BCUT2D eigenvalue weighted by atomic mass is 35.5. The Morgan fingerprint density at radius 3 is 2.79 bits per heavy atom. The Labute approximate surface area is 92.4 Å². The number of ether oxygens (including phenoxy) is 1. The van der Waals surface area contributed by atoms with Gasteiger partial charge in [-0.25, -0.2) is 0 Å². The summed E-state index contributed by atoms with van der Waals surface area (Å²) in [5, 5.41) is 6.93. The Bertz CT molecular complexity index is 154. The molecule has 0 radical (unpaired) electrons. The van der Waals surface area contributed by atoms with Gasteiger partial charge < -0.3 is 10.1 Å². The van der Waals surface area contributed by atoms with Crippen molar-refractivity contribution in [3.63, 3.8) is 0 Å². The van der Waals surface area contributed by atoms with Gasteiger partial charge in [0.1, 0.15) is 6.23 Å². The minimum Gasteiger partial charge on any atom is -0.363 e. The van der Waals surface area contributed by atoms with Crippen LogP contribution in [0.1, 0.15) is 26.2 Å². The van der Waals surface area contributed by atoms with E-state index in [4.69, 9.17) is 4.74 Å². The molecule has 2 saturated heterocycles. The van der Waals surface area contributed by atoms with Gasteiger partial charge in [0.05, 0.1) is 6.61 Å². The van der Waals surface area contributed by atoms with Gasteiger partial charge in [-0.05, 0) is 25.3 Å². The van der Waals surface area contributed by atoms with Crippen LogP contribution in [0.2, 0.25) is 0 Å². The molecule has 0 amide bonds. The number of halogens is 1. The highest BCUT2D eigenvalue weighted by molar-refractivity contribution is 5.85. The minimum absolute atomic E-state index is 0. The molecular formula is C10H21ClN2O. The number of hydrogen-bond donors (Lipinski definition) is 2. The summed E-state index contributed by atoms with van der Waals surface area (Å²) < 4.78 is 5.70. The van der Waals surface area contributed by atoms with Crippen LogP contribution in [0.15, 0.2) is 0 Å². The summed E-state index contributed by atoms with van der Waals surface area (Å²) >= 11 is 0. The number of nitrogens with one attached hydrogen (secondary N) is 2. The fourth-order valence-electron chi connectivity index (χ4n) is 2.10. The molecular weight excluding hydrogens is 200 g/mol. The van der Waals surface area contributed by atoms with Crippen molar-refractivity contribution in [3.05, 3.63) is 0 Å². The second kappa shape index (κ2) is 5.91. The van der Waals surface area contributed by atoms with Gasteiger partial charge >= 0.3 is 0 Å². The van der Waals surface area contributed by atoms with Crippen molar-refractivity contribution in [2.75, 3.05) is 19.7 Å². The third-order valence-electron chi connectivity index (χ3n) is 2.94. The average Bonchev–Trinajstić information content (AvgIpc) is 2.62. The van der Waals surface area contributed by atoms with E-state index in [1.807, 2.05) is 0 Å². The average molecular weight is 221 g/mol. The van der Waals surface area contributed by atoms with E-state index in [2.05, 4.69) is 17.6 Å². The Hall–Kier alpha value is 0.170. The molecule has 0 aliphatic carbocycles. The molecule has 0 aromatic carbocycles. The van der Waals surface area contributed by atoms with Crippen molar-refractivity contribution in [2.45, 2.75) is 38.5 Å². The molecule has 0 bridgehead atoms. The van der Waals surface area contributed by atoms with Crippen molar-refractivity contribution in [2.24, 2.45) is 5.92 Å². The van der Waals surface area contributed by atoms with E-state index < -0.39 is 0 Å². The zero-order valence-corrected chi connectivity index (χ0v) is 9.61. The first-order chi connectivity index (χ1) is 6.34. The summed E-state index contributed by atoms with van der Waals surface area (Å²) in [5.74, 6) is 0.674. The SMILES string of the molecule is CC1CNC(CC2CCCN2)OC1.Cl. The van der Waals surface area contributed by atoms with Gasteiger partial charge in [0.15, 0.2) is 0 Å². The van der Waals surface area contributed by atoms with Crippen molar-refractivity contribution in [1.82, 2.24) is 10.6 Å². The van der Waals surface area contributed by atoms with Gasteiger partial charge in [-0.15, -0.1) is 12.4 Å². The molecule has 2 aliphatic heterocycles. The molecule has 0 aromatic rings. The van der Waals surface area contributed by atoms with Crippen molar-refractivity contribution in [3.8, 4) is 0 Å². The quantitative estimate of drug-likeness (QED) is 0.732. The maximum Gasteiger partial charge on any atom is 0.109 e. The summed E-state index contributed by atoms with van der Waals surface area (Å²) in [5.41, 5.74) is 0. The van der Waals surface area contributed by atoms with E-state index in [0.29, 0.717) is 18.2 Å². The van der Waals surface area contributed by atoms with E-state index in [0.717, 1.165) is 19.6 Å². The lowest BCUT2D eigenvalue weighted by Gasteiger charge is -2.30. The molecule has 2 fully saturated rings. The normalized spacial score (nSPS) is 37.9. The maximum absolute atomic E-state index is 5.70. The molecule has 0 aromatic heterocycles. The summed E-state index contributed by atoms with van der Waals surface area (Å²) in [4.78, 5) is 0. The van der Waals surface area contributed by atoms with Gasteiger partial charge in [0.2, 0.25) is 0 Å². The lowest BCUT2D eigenvalue weighted by molar-refractivity contribution is -0.0317. The highest BCUT2D eigenvalue weighted by Crippen LogP contribution is 2.14. The zero-order chi connectivity index (χ0) is 9.10. The predicted octanol–water partition coefficient (Wildman–Crippen LogP) is 1.13. The zero-order valence-electron chi connectivity index (χ0n) is 8.79. The van der Waals surface area contributed by atoms with Gasteiger partial charge in [0.25, 0.3) is 0 Å². The van der Waals surface area contributed by atoms with Gasteiger partial charge in [-0.1, -0.05) is 6.92 Å². The van der Waals surface area contributed by atoms with Crippen LogP contribution in [-0.2, 0) is 4.74 Å². The third-order valence-corrected chi connectivity index (χ3v) is 2.94. The second-order valence-electron chi connectivity index (χ2n) is 4.36. The van der Waals surface area contributed by atoms with E-state index >= 15 is 0 Å². The fraction of sp³-hybridized carbons (Fsp3) is 1.00. The van der Waals surface area contributed by atoms with Crippen molar-refractivity contribution in [1.29, 1.82) is 0 Å². The molecule has 2 N–H and O–H groups in total. The van der Waals surface area contributed by atoms with Crippen LogP contribution in [0.4, 0.5) is 0 Å².